The summed E-state index contributed by atoms with van der Waals surface area (Å²) >= 11 is 7.82. The highest BCUT2D eigenvalue weighted by molar-refractivity contribution is 8.13. The van der Waals surface area contributed by atoms with E-state index in [0.717, 1.165) is 36.9 Å². The molecule has 2 N–H and O–H groups in total. The number of hydrogen-bond donors (Lipinski definition) is 2. The van der Waals surface area contributed by atoms with Crippen LogP contribution in [-0.4, -0.2) is 63.5 Å². The second-order valence-corrected chi connectivity index (χ2v) is 11.1. The Morgan fingerprint density at radius 2 is 2.06 bits per heavy atom. The molecule has 1 saturated heterocycles. The van der Waals surface area contributed by atoms with Crippen LogP contribution in [0.1, 0.15) is 67.9 Å². The number of alkyl halides is 2. The zero-order chi connectivity index (χ0) is 25.7. The fourth-order valence-corrected chi connectivity index (χ4v) is 5.77. The van der Waals surface area contributed by atoms with Crippen LogP contribution < -0.4 is 5.32 Å². The zero-order valence-corrected chi connectivity index (χ0v) is 22.2. The van der Waals surface area contributed by atoms with Crippen molar-refractivity contribution in [3.63, 3.8) is 0 Å². The van der Waals surface area contributed by atoms with Crippen molar-refractivity contribution >= 4 is 34.3 Å². The molecule has 1 saturated carbocycles. The van der Waals surface area contributed by atoms with Gasteiger partial charge in [0, 0.05) is 36.0 Å². The minimum absolute atomic E-state index is 0.0712. The van der Waals surface area contributed by atoms with E-state index in [4.69, 9.17) is 22.1 Å². The molecule has 1 aliphatic carbocycles. The van der Waals surface area contributed by atoms with Crippen molar-refractivity contribution < 1.29 is 13.6 Å². The van der Waals surface area contributed by atoms with Gasteiger partial charge in [0.15, 0.2) is 5.69 Å². The van der Waals surface area contributed by atoms with Crippen LogP contribution in [0.3, 0.4) is 0 Å². The van der Waals surface area contributed by atoms with Gasteiger partial charge in [0.1, 0.15) is 0 Å². The number of nitrogens with zero attached hydrogens (tertiary/aromatic N) is 3. The lowest BCUT2D eigenvalue weighted by atomic mass is 10.1. The van der Waals surface area contributed by atoms with Crippen molar-refractivity contribution in [1.29, 1.82) is 5.41 Å². The topological polar surface area (TPSA) is 74.0 Å². The van der Waals surface area contributed by atoms with E-state index in [1.165, 1.54) is 11.8 Å². The molecule has 1 aromatic carbocycles. The molecule has 196 valence electrons. The van der Waals surface area contributed by atoms with Gasteiger partial charge in [-0.1, -0.05) is 42.6 Å². The maximum absolute atomic E-state index is 13.8. The fourth-order valence-electron chi connectivity index (χ4n) is 5.17. The standard InChI is InChI=1S/C26H34ClF2N5OS/c1-36-24(30)15-18(11-14-33-13-6-12-26(28,29)17-33)31-25(35)22-16-23(20-9-4-5-10-21(20)27)34(32-22)19-7-2-3-8-19/h4-5,9-10,16,18-19,30H,2-3,6-8,11-15,17H2,1H3,(H,31,35)/t18-/m0/s1. The van der Waals surface area contributed by atoms with E-state index in [9.17, 15) is 13.6 Å². The minimum Gasteiger partial charge on any atom is -0.347 e. The van der Waals surface area contributed by atoms with Gasteiger partial charge in [-0.15, -0.1) is 11.8 Å². The molecule has 0 radical (unpaired) electrons. The van der Waals surface area contributed by atoms with Gasteiger partial charge in [-0.25, -0.2) is 8.78 Å². The summed E-state index contributed by atoms with van der Waals surface area (Å²) in [5, 5.41) is 16.9. The van der Waals surface area contributed by atoms with Crippen LogP contribution >= 0.6 is 23.4 Å². The molecule has 2 heterocycles. The number of piperidine rings is 1. The summed E-state index contributed by atoms with van der Waals surface area (Å²) in [5.74, 6) is -2.98. The fraction of sp³-hybridized carbons (Fsp3) is 0.577. The first-order chi connectivity index (χ1) is 17.3. The first kappa shape index (κ1) is 27.1. The third-order valence-electron chi connectivity index (χ3n) is 7.07. The Bertz CT molecular complexity index is 1070. The number of benzene rings is 1. The largest absolute Gasteiger partial charge is 0.347 e. The van der Waals surface area contributed by atoms with Crippen LogP contribution in [0.4, 0.5) is 8.78 Å². The summed E-state index contributed by atoms with van der Waals surface area (Å²) < 4.78 is 29.6. The van der Waals surface area contributed by atoms with Gasteiger partial charge in [-0.05, 0) is 50.6 Å². The molecule has 10 heteroatoms. The van der Waals surface area contributed by atoms with Crippen LogP contribution in [0.15, 0.2) is 30.3 Å². The molecule has 1 atom stereocenters. The minimum atomic E-state index is -2.66. The van der Waals surface area contributed by atoms with Crippen LogP contribution in [-0.2, 0) is 0 Å². The summed E-state index contributed by atoms with van der Waals surface area (Å²) in [4.78, 5) is 15.1. The van der Waals surface area contributed by atoms with Crippen LogP contribution in [0, 0.1) is 5.41 Å². The molecule has 1 aliphatic heterocycles. The van der Waals surface area contributed by atoms with Gasteiger partial charge in [0.2, 0.25) is 0 Å². The summed E-state index contributed by atoms with van der Waals surface area (Å²) in [6, 6.07) is 9.23. The summed E-state index contributed by atoms with van der Waals surface area (Å²) in [5.41, 5.74) is 1.97. The smallest absolute Gasteiger partial charge is 0.272 e. The number of aromatic nitrogens is 2. The maximum atomic E-state index is 13.8. The van der Waals surface area contributed by atoms with Gasteiger partial charge >= 0.3 is 0 Å². The van der Waals surface area contributed by atoms with E-state index in [2.05, 4.69) is 5.32 Å². The molecule has 4 rings (SSSR count). The Hall–Kier alpha value is -1.97. The number of halogens is 3. The van der Waals surface area contributed by atoms with Gasteiger partial charge in [-0.3, -0.25) is 19.8 Å². The molecule has 2 aliphatic rings. The van der Waals surface area contributed by atoms with Crippen molar-refractivity contribution in [2.75, 3.05) is 25.9 Å². The molecule has 0 spiro atoms. The number of carbonyl (C=O) groups is 1. The Labute approximate surface area is 220 Å². The van der Waals surface area contributed by atoms with E-state index in [-0.39, 0.29) is 31.0 Å². The lowest BCUT2D eigenvalue weighted by molar-refractivity contribution is -0.0644. The van der Waals surface area contributed by atoms with Crippen LogP contribution in [0.5, 0.6) is 0 Å². The monoisotopic (exact) mass is 537 g/mol. The molecule has 36 heavy (non-hydrogen) atoms. The SMILES string of the molecule is CSC(=N)C[C@H](CCN1CCCC(F)(F)C1)NC(=O)c1cc(-c2ccccc2Cl)n(C2CCCC2)n1. The molecule has 1 aromatic heterocycles. The lowest BCUT2D eigenvalue weighted by Crippen LogP contribution is -2.45. The van der Waals surface area contributed by atoms with E-state index in [0.29, 0.717) is 48.1 Å². The summed E-state index contributed by atoms with van der Waals surface area (Å²) in [6.07, 6.45) is 7.34. The number of hydrogen-bond acceptors (Lipinski definition) is 5. The molecule has 1 amide bonds. The number of thioether (sulfide) groups is 1. The zero-order valence-electron chi connectivity index (χ0n) is 20.6. The molecule has 2 fully saturated rings. The number of rotatable bonds is 9. The van der Waals surface area contributed by atoms with Crippen molar-refractivity contribution in [2.45, 2.75) is 69.4 Å². The lowest BCUT2D eigenvalue weighted by Gasteiger charge is -2.33. The van der Waals surface area contributed by atoms with E-state index in [1.807, 2.05) is 35.2 Å². The molecule has 2 aromatic rings. The first-order valence-corrected chi connectivity index (χ1v) is 14.2. The summed E-state index contributed by atoms with van der Waals surface area (Å²) in [7, 11) is 0. The number of carbonyl (C=O) groups excluding carboxylic acids is 1. The van der Waals surface area contributed by atoms with Crippen molar-refractivity contribution in [3.05, 3.63) is 41.0 Å². The normalized spacial score (nSPS) is 19.3. The second-order valence-electron chi connectivity index (χ2n) is 9.80. The number of amides is 1. The average molecular weight is 538 g/mol. The Morgan fingerprint density at radius 1 is 1.31 bits per heavy atom. The maximum Gasteiger partial charge on any atom is 0.272 e. The van der Waals surface area contributed by atoms with E-state index in [1.54, 1.807) is 11.0 Å². The molecule has 6 nitrogen and oxygen atoms in total. The highest BCUT2D eigenvalue weighted by Crippen LogP contribution is 2.36. The predicted octanol–water partition coefficient (Wildman–Crippen LogP) is 6.27. The number of likely N-dealkylation sites (tertiary alicyclic amines) is 1. The van der Waals surface area contributed by atoms with E-state index >= 15 is 0 Å². The van der Waals surface area contributed by atoms with Crippen molar-refractivity contribution in [1.82, 2.24) is 20.0 Å². The summed E-state index contributed by atoms with van der Waals surface area (Å²) in [6.45, 7) is 0.827. The third-order valence-corrected chi connectivity index (χ3v) is 8.06. The Kier molecular flexibility index (Phi) is 9.06. The molecular weight excluding hydrogens is 504 g/mol. The van der Waals surface area contributed by atoms with Gasteiger partial charge < -0.3 is 5.32 Å². The first-order valence-electron chi connectivity index (χ1n) is 12.6. The van der Waals surface area contributed by atoms with Crippen molar-refractivity contribution in [3.8, 4) is 11.3 Å². The average Bonchev–Trinajstić information content (AvgIpc) is 3.52. The molecule has 0 unspecified atom stereocenters. The molecular formula is C26H34ClF2N5OS. The van der Waals surface area contributed by atoms with E-state index < -0.39 is 5.92 Å². The third kappa shape index (κ3) is 6.86. The highest BCUT2D eigenvalue weighted by Gasteiger charge is 2.35. The Morgan fingerprint density at radius 3 is 2.75 bits per heavy atom. The van der Waals surface area contributed by atoms with Crippen molar-refractivity contribution in [2.24, 2.45) is 0 Å². The van der Waals surface area contributed by atoms with Gasteiger partial charge in [-0.2, -0.15) is 5.10 Å². The molecule has 0 bridgehead atoms. The second kappa shape index (κ2) is 12.0. The van der Waals surface area contributed by atoms with Crippen LogP contribution in [0.25, 0.3) is 11.3 Å². The Balaban J connectivity index is 1.51. The van der Waals surface area contributed by atoms with Gasteiger partial charge in [0.05, 0.1) is 23.3 Å². The van der Waals surface area contributed by atoms with Crippen LogP contribution in [0.2, 0.25) is 5.02 Å². The predicted molar refractivity (Wildman–Crippen MR) is 143 cm³/mol. The number of nitrogens with one attached hydrogen (secondary N) is 2. The van der Waals surface area contributed by atoms with Gasteiger partial charge in [0.25, 0.3) is 11.8 Å². The quantitative estimate of drug-likeness (QED) is 0.292. The highest BCUT2D eigenvalue weighted by atomic mass is 35.5.